The predicted octanol–water partition coefficient (Wildman–Crippen LogP) is -2.94. The number of halogens is 1. The summed E-state index contributed by atoms with van der Waals surface area (Å²) in [7, 11) is 2.24. The van der Waals surface area contributed by atoms with Crippen LogP contribution in [0.2, 0.25) is 0 Å². The van der Waals surface area contributed by atoms with E-state index in [1.54, 1.807) is 21.9 Å². The highest BCUT2D eigenvalue weighted by molar-refractivity contribution is 9.10. The quantitative estimate of drug-likeness (QED) is 0.465. The van der Waals surface area contributed by atoms with Crippen molar-refractivity contribution in [2.24, 2.45) is 0 Å². The van der Waals surface area contributed by atoms with Crippen molar-refractivity contribution in [3.63, 3.8) is 0 Å². The number of piperazine rings is 1. The number of nitrogens with zero attached hydrogens (tertiary/aromatic N) is 1. The van der Waals surface area contributed by atoms with Crippen molar-refractivity contribution >= 4 is 33.4 Å². The topological polar surface area (TPSA) is 62.9 Å². The lowest BCUT2D eigenvalue weighted by Crippen LogP contribution is -3.27. The van der Waals surface area contributed by atoms with Gasteiger partial charge in [-0.3, -0.25) is 9.59 Å². The molecule has 0 bridgehead atoms. The van der Waals surface area contributed by atoms with Crippen LogP contribution in [0.15, 0.2) is 28.7 Å². The molecule has 1 atom stereocenters. The van der Waals surface area contributed by atoms with Crippen LogP contribution in [0.3, 0.4) is 0 Å². The molecule has 0 aromatic heterocycles. The van der Waals surface area contributed by atoms with Crippen LogP contribution >= 0.6 is 15.9 Å². The second-order valence-electron chi connectivity index (χ2n) is 6.84. The maximum absolute atomic E-state index is 12.6. The summed E-state index contributed by atoms with van der Waals surface area (Å²) in [5.41, 5.74) is 0.664. The van der Waals surface area contributed by atoms with E-state index in [4.69, 9.17) is 0 Å². The summed E-state index contributed by atoms with van der Waals surface area (Å²) in [6.07, 6.45) is 0.303. The van der Waals surface area contributed by atoms with Crippen molar-refractivity contribution in [2.45, 2.75) is 12.5 Å². The molecule has 0 aliphatic carbocycles. The van der Waals surface area contributed by atoms with Crippen molar-refractivity contribution < 1.29 is 24.7 Å². The van der Waals surface area contributed by atoms with Gasteiger partial charge in [-0.15, -0.1) is 0 Å². The first-order chi connectivity index (χ1) is 11.5. The Hall–Kier alpha value is -1.28. The Kier molecular flexibility index (Phi) is 5.65. The summed E-state index contributed by atoms with van der Waals surface area (Å²) in [6.45, 7) is 6.78. The van der Waals surface area contributed by atoms with Gasteiger partial charge >= 0.3 is 0 Å². The van der Waals surface area contributed by atoms with Crippen molar-refractivity contribution in [3.8, 4) is 0 Å². The van der Waals surface area contributed by atoms with Gasteiger partial charge in [-0.25, -0.2) is 4.90 Å². The van der Waals surface area contributed by atoms with Crippen LogP contribution in [0.25, 0.3) is 0 Å². The first-order valence-corrected chi connectivity index (χ1v) is 9.44. The summed E-state index contributed by atoms with van der Waals surface area (Å²) in [5, 5.41) is 2.05. The lowest BCUT2D eigenvalue weighted by Gasteiger charge is -2.26. The van der Waals surface area contributed by atoms with Crippen LogP contribution in [0.1, 0.15) is 6.42 Å². The minimum absolute atomic E-state index is 0.0832. The summed E-state index contributed by atoms with van der Waals surface area (Å²) < 4.78 is 0.936. The maximum atomic E-state index is 12.6. The van der Waals surface area contributed by atoms with Crippen LogP contribution in [0.5, 0.6) is 0 Å². The number of carbonyl (C=O) groups is 2. The first kappa shape index (κ1) is 17.5. The molecule has 2 amide bonds. The minimum Gasteiger partial charge on any atom is -0.331 e. The number of rotatable bonds is 5. The monoisotopic (exact) mass is 397 g/mol. The van der Waals surface area contributed by atoms with E-state index in [0.717, 1.165) is 17.6 Å². The first-order valence-electron chi connectivity index (χ1n) is 8.65. The van der Waals surface area contributed by atoms with E-state index in [-0.39, 0.29) is 17.9 Å². The van der Waals surface area contributed by atoms with E-state index >= 15 is 0 Å². The highest BCUT2D eigenvalue weighted by Crippen LogP contribution is 2.23. The molecule has 2 fully saturated rings. The van der Waals surface area contributed by atoms with Gasteiger partial charge in [0.15, 0.2) is 6.04 Å². The molecule has 2 saturated heterocycles. The number of nitrogens with two attached hydrogens (primary N) is 1. The van der Waals surface area contributed by atoms with Gasteiger partial charge in [-0.05, 0) is 24.3 Å². The average Bonchev–Trinajstić information content (AvgIpc) is 2.85. The number of hydrogen-bond donors (Lipinski definition) is 3. The largest absolute Gasteiger partial charge is 0.331 e. The van der Waals surface area contributed by atoms with Gasteiger partial charge in [0, 0.05) is 4.47 Å². The van der Waals surface area contributed by atoms with E-state index in [2.05, 4.69) is 28.3 Å². The van der Waals surface area contributed by atoms with Crippen LogP contribution in [0.4, 0.5) is 5.69 Å². The Balaban J connectivity index is 1.51. The molecule has 24 heavy (non-hydrogen) atoms. The molecule has 0 saturated carbocycles. The Bertz CT molecular complexity index is 599. The standard InChI is InChI=1S/C17H23BrN4O2/c1-20-8-10-21(11-9-20)7-6-19-15-12-16(23)22(17(15)24)14-4-2-13(18)3-5-14/h2-5,15,19H,6-12H2,1H3/p+3/t15-/m1/s1. The van der Waals surface area contributed by atoms with Crippen LogP contribution < -0.4 is 20.0 Å². The van der Waals surface area contributed by atoms with Gasteiger partial charge in [0.05, 0.1) is 19.2 Å². The molecule has 1 aromatic rings. The maximum Gasteiger partial charge on any atom is 0.292 e. The summed E-state index contributed by atoms with van der Waals surface area (Å²) in [5.74, 6) is -0.181. The third kappa shape index (κ3) is 4.03. The molecule has 1 aromatic carbocycles. The number of likely N-dealkylation sites (N-methyl/N-ethyl adjacent to an activating group) is 1. The lowest BCUT2D eigenvalue weighted by atomic mass is 10.2. The van der Waals surface area contributed by atoms with Crippen molar-refractivity contribution in [1.82, 2.24) is 0 Å². The third-order valence-corrected chi connectivity index (χ3v) is 5.55. The predicted molar refractivity (Wildman–Crippen MR) is 94.0 cm³/mol. The molecule has 3 rings (SSSR count). The van der Waals surface area contributed by atoms with Gasteiger partial charge in [-0.1, -0.05) is 15.9 Å². The van der Waals surface area contributed by atoms with Crippen molar-refractivity contribution in [2.75, 3.05) is 51.2 Å². The van der Waals surface area contributed by atoms with Crippen LogP contribution in [0, 0.1) is 0 Å². The Morgan fingerprint density at radius 3 is 2.50 bits per heavy atom. The SMILES string of the molecule is C[NH+]1CC[NH+](CC[NH2+][C@@H]2CC(=O)N(c3ccc(Br)cc3)C2=O)CC1. The second-order valence-corrected chi connectivity index (χ2v) is 7.75. The fraction of sp³-hybridized carbons (Fsp3) is 0.529. The highest BCUT2D eigenvalue weighted by Gasteiger charge is 2.42. The van der Waals surface area contributed by atoms with E-state index in [0.29, 0.717) is 12.1 Å². The van der Waals surface area contributed by atoms with E-state index in [1.165, 1.54) is 31.1 Å². The molecule has 0 unspecified atom stereocenters. The van der Waals surface area contributed by atoms with Gasteiger partial charge in [0.1, 0.15) is 39.3 Å². The zero-order chi connectivity index (χ0) is 17.1. The number of amides is 2. The molecule has 7 heteroatoms. The van der Waals surface area contributed by atoms with Gasteiger partial charge in [0.25, 0.3) is 5.91 Å². The smallest absolute Gasteiger partial charge is 0.292 e. The Labute approximate surface area is 150 Å². The Morgan fingerprint density at radius 1 is 1.17 bits per heavy atom. The van der Waals surface area contributed by atoms with Gasteiger partial charge < -0.3 is 15.1 Å². The van der Waals surface area contributed by atoms with Gasteiger partial charge in [-0.2, -0.15) is 0 Å². The molecular weight excluding hydrogens is 372 g/mol. The number of imide groups is 1. The van der Waals surface area contributed by atoms with Crippen molar-refractivity contribution in [3.05, 3.63) is 28.7 Å². The van der Waals surface area contributed by atoms with E-state index < -0.39 is 0 Å². The van der Waals surface area contributed by atoms with E-state index in [9.17, 15) is 9.59 Å². The molecule has 0 spiro atoms. The zero-order valence-corrected chi connectivity index (χ0v) is 15.6. The fourth-order valence-electron chi connectivity index (χ4n) is 3.47. The molecule has 4 N–H and O–H groups in total. The fourth-order valence-corrected chi connectivity index (χ4v) is 3.73. The number of carbonyl (C=O) groups excluding carboxylic acids is 2. The number of hydrogen-bond acceptors (Lipinski definition) is 2. The molecule has 0 radical (unpaired) electrons. The zero-order valence-electron chi connectivity index (χ0n) is 14.1. The number of anilines is 1. The molecule has 6 nitrogen and oxygen atoms in total. The summed E-state index contributed by atoms with van der Waals surface area (Å²) in [4.78, 5) is 29.4. The second kappa shape index (κ2) is 7.74. The normalized spacial score (nSPS) is 27.8. The molecule has 2 heterocycles. The minimum atomic E-state index is -0.265. The van der Waals surface area contributed by atoms with Crippen LogP contribution in [-0.4, -0.2) is 64.2 Å². The third-order valence-electron chi connectivity index (χ3n) is 5.03. The molecule has 2 aliphatic heterocycles. The molecular formula is C17H26BrN4O2+3. The lowest BCUT2D eigenvalue weighted by molar-refractivity contribution is -1.01. The Morgan fingerprint density at radius 2 is 1.83 bits per heavy atom. The summed E-state index contributed by atoms with van der Waals surface area (Å²) in [6, 6.07) is 7.05. The molecule has 2 aliphatic rings. The number of nitrogens with one attached hydrogen (secondary N) is 2. The van der Waals surface area contributed by atoms with E-state index in [1.807, 2.05) is 12.1 Å². The highest BCUT2D eigenvalue weighted by atomic mass is 79.9. The van der Waals surface area contributed by atoms with Gasteiger partial charge in [0.2, 0.25) is 5.91 Å². The summed E-state index contributed by atoms with van der Waals surface area (Å²) >= 11 is 3.37. The van der Waals surface area contributed by atoms with Crippen LogP contribution in [-0.2, 0) is 9.59 Å². The molecule has 130 valence electrons. The number of benzene rings is 1. The van der Waals surface area contributed by atoms with Crippen molar-refractivity contribution in [1.29, 1.82) is 0 Å². The number of quaternary nitrogens is 3. The average molecular weight is 398 g/mol.